The van der Waals surface area contributed by atoms with Crippen LogP contribution in [0.1, 0.15) is 19.7 Å². The van der Waals surface area contributed by atoms with Gasteiger partial charge in [-0.2, -0.15) is 13.8 Å². The van der Waals surface area contributed by atoms with Crippen molar-refractivity contribution in [1.82, 2.24) is 9.97 Å². The summed E-state index contributed by atoms with van der Waals surface area (Å²) >= 11 is 5.53. The fourth-order valence-corrected chi connectivity index (χ4v) is 0.989. The van der Waals surface area contributed by atoms with Gasteiger partial charge < -0.3 is 4.74 Å². The second-order valence-corrected chi connectivity index (χ2v) is 3.06. The quantitative estimate of drug-likeness (QED) is 0.738. The molecule has 0 radical (unpaired) electrons. The zero-order valence-electron chi connectivity index (χ0n) is 7.72. The Morgan fingerprint density at radius 1 is 1.50 bits per heavy atom. The third kappa shape index (κ3) is 2.77. The fourth-order valence-electron chi connectivity index (χ4n) is 0.815. The van der Waals surface area contributed by atoms with Gasteiger partial charge in [0.15, 0.2) is 0 Å². The van der Waals surface area contributed by atoms with Crippen molar-refractivity contribution >= 4 is 11.6 Å². The van der Waals surface area contributed by atoms with Gasteiger partial charge in [0, 0.05) is 13.0 Å². The first-order valence-corrected chi connectivity index (χ1v) is 4.37. The van der Waals surface area contributed by atoms with E-state index in [0.717, 1.165) is 0 Å². The molecule has 78 valence electrons. The van der Waals surface area contributed by atoms with Crippen LogP contribution in [0.3, 0.4) is 0 Å². The largest absolute Gasteiger partial charge is 0.478 e. The number of rotatable bonds is 3. The van der Waals surface area contributed by atoms with Gasteiger partial charge in [-0.1, -0.05) is 11.6 Å². The van der Waals surface area contributed by atoms with Gasteiger partial charge in [-0.05, 0) is 6.92 Å². The normalized spacial score (nSPS) is 11.5. The van der Waals surface area contributed by atoms with Crippen LogP contribution in [0, 0.1) is 0 Å². The molecule has 0 amide bonds. The lowest BCUT2D eigenvalue weighted by molar-refractivity contribution is 0.00699. The van der Waals surface area contributed by atoms with Gasteiger partial charge >= 0.3 is 5.92 Å². The molecule has 0 fully saturated rings. The first-order valence-electron chi connectivity index (χ1n) is 3.99. The second kappa shape index (κ2) is 4.04. The van der Waals surface area contributed by atoms with E-state index >= 15 is 0 Å². The third-order valence-electron chi connectivity index (χ3n) is 1.36. The van der Waals surface area contributed by atoms with E-state index in [4.69, 9.17) is 16.3 Å². The average molecular weight is 223 g/mol. The summed E-state index contributed by atoms with van der Waals surface area (Å²) in [7, 11) is 0. The minimum Gasteiger partial charge on any atom is -0.478 e. The summed E-state index contributed by atoms with van der Waals surface area (Å²) in [6, 6.07) is 1.29. The van der Waals surface area contributed by atoms with Crippen LogP contribution in [0.25, 0.3) is 0 Å². The van der Waals surface area contributed by atoms with Crippen LogP contribution in [-0.4, -0.2) is 16.6 Å². The lowest BCUT2D eigenvalue weighted by Crippen LogP contribution is -2.13. The molecule has 0 aliphatic heterocycles. The molecule has 0 saturated heterocycles. The molecule has 0 atom stereocenters. The summed E-state index contributed by atoms with van der Waals surface area (Å²) in [6.45, 7) is 2.76. The van der Waals surface area contributed by atoms with E-state index in [-0.39, 0.29) is 11.0 Å². The molecule has 0 spiro atoms. The summed E-state index contributed by atoms with van der Waals surface area (Å²) in [5.41, 5.74) is 0. The number of aromatic nitrogens is 2. The first kappa shape index (κ1) is 11.1. The fraction of sp³-hybridized carbons (Fsp3) is 0.500. The van der Waals surface area contributed by atoms with Gasteiger partial charge in [0.1, 0.15) is 5.15 Å². The molecule has 0 aliphatic carbocycles. The molecule has 0 N–H and O–H groups in total. The number of ether oxygens (including phenoxy) is 1. The maximum absolute atomic E-state index is 12.8. The Balaban J connectivity index is 3.07. The highest BCUT2D eigenvalue weighted by Crippen LogP contribution is 2.26. The summed E-state index contributed by atoms with van der Waals surface area (Å²) in [5.74, 6) is -3.69. The number of hydrogen-bond donors (Lipinski definition) is 0. The zero-order valence-corrected chi connectivity index (χ0v) is 8.48. The van der Waals surface area contributed by atoms with Crippen LogP contribution < -0.4 is 4.74 Å². The van der Waals surface area contributed by atoms with Crippen molar-refractivity contribution in [3.05, 3.63) is 17.0 Å². The molecule has 0 aliphatic rings. The van der Waals surface area contributed by atoms with E-state index in [9.17, 15) is 8.78 Å². The Labute approximate surface area is 85.1 Å². The van der Waals surface area contributed by atoms with E-state index in [1.165, 1.54) is 6.07 Å². The Hall–Kier alpha value is -0.970. The van der Waals surface area contributed by atoms with Crippen molar-refractivity contribution in [2.45, 2.75) is 19.8 Å². The van der Waals surface area contributed by atoms with Gasteiger partial charge in [-0.3, -0.25) is 0 Å². The Bertz CT molecular complexity index is 328. The van der Waals surface area contributed by atoms with Gasteiger partial charge in [0.05, 0.1) is 6.61 Å². The highest BCUT2D eigenvalue weighted by atomic mass is 35.5. The predicted molar refractivity (Wildman–Crippen MR) is 47.8 cm³/mol. The maximum Gasteiger partial charge on any atom is 0.304 e. The van der Waals surface area contributed by atoms with Crippen LogP contribution in [0.4, 0.5) is 8.78 Å². The van der Waals surface area contributed by atoms with Crippen molar-refractivity contribution in [3.8, 4) is 5.88 Å². The summed E-state index contributed by atoms with van der Waals surface area (Å²) in [4.78, 5) is 6.94. The molecule has 0 unspecified atom stereocenters. The molecular formula is C8H9ClF2N2O. The SMILES string of the molecule is CCOc1cc(Cl)nc(C(C)(F)F)n1. The molecule has 6 heteroatoms. The molecule has 14 heavy (non-hydrogen) atoms. The van der Waals surface area contributed by atoms with Crippen LogP contribution >= 0.6 is 11.6 Å². The molecule has 0 saturated carbocycles. The molecule has 3 nitrogen and oxygen atoms in total. The van der Waals surface area contributed by atoms with E-state index in [2.05, 4.69) is 9.97 Å². The van der Waals surface area contributed by atoms with Crippen molar-refractivity contribution < 1.29 is 13.5 Å². The van der Waals surface area contributed by atoms with Crippen molar-refractivity contribution in [2.75, 3.05) is 6.61 Å². The van der Waals surface area contributed by atoms with Gasteiger partial charge in [-0.25, -0.2) is 4.98 Å². The van der Waals surface area contributed by atoms with Crippen molar-refractivity contribution in [1.29, 1.82) is 0 Å². The van der Waals surface area contributed by atoms with Crippen LogP contribution in [-0.2, 0) is 5.92 Å². The second-order valence-electron chi connectivity index (χ2n) is 2.67. The molecule has 1 aromatic heterocycles. The Kier molecular flexibility index (Phi) is 3.21. The minimum atomic E-state index is -3.11. The van der Waals surface area contributed by atoms with Crippen molar-refractivity contribution in [3.63, 3.8) is 0 Å². The average Bonchev–Trinajstić information content (AvgIpc) is 2.02. The van der Waals surface area contributed by atoms with Crippen molar-refractivity contribution in [2.24, 2.45) is 0 Å². The molecule has 1 heterocycles. The number of nitrogens with zero attached hydrogens (tertiary/aromatic N) is 2. The third-order valence-corrected chi connectivity index (χ3v) is 1.55. The summed E-state index contributed by atoms with van der Waals surface area (Å²) in [5, 5.41) is -0.0556. The number of hydrogen-bond acceptors (Lipinski definition) is 3. The summed E-state index contributed by atoms with van der Waals surface area (Å²) < 4.78 is 30.6. The monoisotopic (exact) mass is 222 g/mol. The van der Waals surface area contributed by atoms with Gasteiger partial charge in [0.2, 0.25) is 11.7 Å². The smallest absolute Gasteiger partial charge is 0.304 e. The van der Waals surface area contributed by atoms with Crippen LogP contribution in [0.5, 0.6) is 5.88 Å². The topological polar surface area (TPSA) is 35.0 Å². The zero-order chi connectivity index (χ0) is 10.8. The number of alkyl halides is 2. The molecule has 0 aromatic carbocycles. The number of halogens is 3. The molecular weight excluding hydrogens is 214 g/mol. The van der Waals surface area contributed by atoms with Crippen LogP contribution in [0.15, 0.2) is 6.07 Å². The van der Waals surface area contributed by atoms with E-state index in [1.54, 1.807) is 6.92 Å². The van der Waals surface area contributed by atoms with Gasteiger partial charge in [0.25, 0.3) is 0 Å². The first-order chi connectivity index (χ1) is 6.43. The highest BCUT2D eigenvalue weighted by molar-refractivity contribution is 6.29. The minimum absolute atomic E-state index is 0.0556. The molecule has 1 rings (SSSR count). The summed E-state index contributed by atoms with van der Waals surface area (Å²) in [6.07, 6.45) is 0. The lowest BCUT2D eigenvalue weighted by atomic mass is 10.3. The lowest BCUT2D eigenvalue weighted by Gasteiger charge is -2.10. The van der Waals surface area contributed by atoms with E-state index in [1.807, 2.05) is 0 Å². The Morgan fingerprint density at radius 2 is 2.14 bits per heavy atom. The highest BCUT2D eigenvalue weighted by Gasteiger charge is 2.29. The van der Waals surface area contributed by atoms with Crippen LogP contribution in [0.2, 0.25) is 5.15 Å². The molecule has 0 bridgehead atoms. The predicted octanol–water partition coefficient (Wildman–Crippen LogP) is 2.64. The Morgan fingerprint density at radius 3 is 2.64 bits per heavy atom. The standard InChI is InChI=1S/C8H9ClF2N2O/c1-3-14-6-4-5(9)12-7(13-6)8(2,10)11/h4H,3H2,1-2H3. The maximum atomic E-state index is 12.8. The van der Waals surface area contributed by atoms with E-state index in [0.29, 0.717) is 13.5 Å². The van der Waals surface area contributed by atoms with Gasteiger partial charge in [-0.15, -0.1) is 0 Å². The molecule has 1 aromatic rings. The van der Waals surface area contributed by atoms with E-state index < -0.39 is 11.7 Å².